The van der Waals surface area contributed by atoms with Crippen LogP contribution in [0, 0.1) is 0 Å². The molecule has 2 aromatic rings. The molecule has 1 atom stereocenters. The maximum Gasteiger partial charge on any atom is 0.263 e. The van der Waals surface area contributed by atoms with Crippen LogP contribution in [0.1, 0.15) is 39.1 Å². The van der Waals surface area contributed by atoms with Crippen molar-refractivity contribution < 1.29 is 14.3 Å². The van der Waals surface area contributed by atoms with E-state index in [0.29, 0.717) is 11.6 Å². The highest BCUT2D eigenvalue weighted by Gasteiger charge is 2.22. The SMILES string of the molecule is COc1ccc(Cl)cc1CN(C)C(=O)c1ccc(C2CCCO2)s1. The Hall–Kier alpha value is -1.56. The zero-order valence-electron chi connectivity index (χ0n) is 13.8. The van der Waals surface area contributed by atoms with Crippen LogP contribution in [-0.2, 0) is 11.3 Å². The molecule has 0 bridgehead atoms. The van der Waals surface area contributed by atoms with Gasteiger partial charge in [0.1, 0.15) is 5.75 Å². The van der Waals surface area contributed by atoms with Crippen molar-refractivity contribution in [2.24, 2.45) is 0 Å². The van der Waals surface area contributed by atoms with Crippen molar-refractivity contribution in [2.75, 3.05) is 20.8 Å². The number of halogens is 1. The Balaban J connectivity index is 1.72. The molecule has 2 heterocycles. The molecule has 1 aromatic heterocycles. The largest absolute Gasteiger partial charge is 0.496 e. The molecule has 0 aliphatic carbocycles. The van der Waals surface area contributed by atoms with Gasteiger partial charge in [-0.25, -0.2) is 0 Å². The lowest BCUT2D eigenvalue weighted by molar-refractivity contribution is 0.0789. The van der Waals surface area contributed by atoms with Crippen LogP contribution in [0.5, 0.6) is 5.75 Å². The van der Waals surface area contributed by atoms with Crippen LogP contribution in [0.25, 0.3) is 0 Å². The van der Waals surface area contributed by atoms with Crippen LogP contribution >= 0.6 is 22.9 Å². The number of amides is 1. The zero-order chi connectivity index (χ0) is 17.1. The van der Waals surface area contributed by atoms with Gasteiger partial charge in [0.05, 0.1) is 18.1 Å². The average molecular weight is 366 g/mol. The number of hydrogen-bond donors (Lipinski definition) is 0. The molecule has 1 aromatic carbocycles. The monoisotopic (exact) mass is 365 g/mol. The Morgan fingerprint density at radius 2 is 2.25 bits per heavy atom. The molecule has 0 N–H and O–H groups in total. The highest BCUT2D eigenvalue weighted by molar-refractivity contribution is 7.14. The minimum atomic E-state index is -0.00808. The summed E-state index contributed by atoms with van der Waals surface area (Å²) in [6.07, 6.45) is 2.26. The summed E-state index contributed by atoms with van der Waals surface area (Å²) in [5.41, 5.74) is 0.886. The Kier molecular flexibility index (Phi) is 5.43. The van der Waals surface area contributed by atoms with Crippen LogP contribution in [-0.4, -0.2) is 31.6 Å². The van der Waals surface area contributed by atoms with Gasteiger partial charge in [0, 0.05) is 35.7 Å². The fraction of sp³-hybridized carbons (Fsp3) is 0.389. The first-order valence-corrected chi connectivity index (χ1v) is 9.07. The molecule has 4 nitrogen and oxygen atoms in total. The van der Waals surface area contributed by atoms with Crippen molar-refractivity contribution in [3.05, 3.63) is 50.7 Å². The van der Waals surface area contributed by atoms with E-state index >= 15 is 0 Å². The number of methoxy groups -OCH3 is 1. The summed E-state index contributed by atoms with van der Waals surface area (Å²) >= 11 is 7.58. The quantitative estimate of drug-likeness (QED) is 0.781. The number of ether oxygens (including phenoxy) is 2. The highest BCUT2D eigenvalue weighted by Crippen LogP contribution is 2.34. The van der Waals surface area contributed by atoms with E-state index in [1.807, 2.05) is 24.3 Å². The van der Waals surface area contributed by atoms with Crippen molar-refractivity contribution >= 4 is 28.8 Å². The average Bonchev–Trinajstić information content (AvgIpc) is 3.25. The van der Waals surface area contributed by atoms with Gasteiger partial charge < -0.3 is 14.4 Å². The predicted molar refractivity (Wildman–Crippen MR) is 96.0 cm³/mol. The van der Waals surface area contributed by atoms with Crippen molar-refractivity contribution in [1.29, 1.82) is 0 Å². The second kappa shape index (κ2) is 7.55. The molecule has 0 saturated carbocycles. The van der Waals surface area contributed by atoms with Gasteiger partial charge >= 0.3 is 0 Å². The number of hydrogen-bond acceptors (Lipinski definition) is 4. The number of carbonyl (C=O) groups excluding carboxylic acids is 1. The lowest BCUT2D eigenvalue weighted by Crippen LogP contribution is -2.25. The van der Waals surface area contributed by atoms with Gasteiger partial charge in [0.15, 0.2) is 0 Å². The van der Waals surface area contributed by atoms with Crippen LogP contribution in [0.15, 0.2) is 30.3 Å². The molecule has 1 fully saturated rings. The molecule has 1 amide bonds. The van der Waals surface area contributed by atoms with Gasteiger partial charge in [-0.2, -0.15) is 0 Å². The normalized spacial score (nSPS) is 17.0. The summed E-state index contributed by atoms with van der Waals surface area (Å²) in [6, 6.07) is 9.31. The first-order chi connectivity index (χ1) is 11.6. The van der Waals surface area contributed by atoms with Crippen molar-refractivity contribution in [1.82, 2.24) is 4.90 Å². The minimum absolute atomic E-state index is 0.00808. The van der Waals surface area contributed by atoms with Gasteiger partial charge in [-0.05, 0) is 43.2 Å². The summed E-state index contributed by atoms with van der Waals surface area (Å²) in [5, 5.41) is 0.628. The second-order valence-electron chi connectivity index (χ2n) is 5.82. The summed E-state index contributed by atoms with van der Waals surface area (Å²) in [4.78, 5) is 16.2. The van der Waals surface area contributed by atoms with Crippen LogP contribution in [0.3, 0.4) is 0 Å². The summed E-state index contributed by atoms with van der Waals surface area (Å²) < 4.78 is 11.0. The highest BCUT2D eigenvalue weighted by atomic mass is 35.5. The fourth-order valence-electron chi connectivity index (χ4n) is 2.83. The first-order valence-electron chi connectivity index (χ1n) is 7.87. The topological polar surface area (TPSA) is 38.8 Å². The van der Waals surface area contributed by atoms with Gasteiger partial charge in [0.2, 0.25) is 0 Å². The van der Waals surface area contributed by atoms with Crippen LogP contribution < -0.4 is 4.74 Å². The number of rotatable bonds is 5. The van der Waals surface area contributed by atoms with E-state index in [0.717, 1.165) is 40.5 Å². The number of benzene rings is 1. The molecule has 0 spiro atoms. The van der Waals surface area contributed by atoms with Crippen LogP contribution in [0.2, 0.25) is 5.02 Å². The van der Waals surface area contributed by atoms with Gasteiger partial charge in [0.25, 0.3) is 5.91 Å². The van der Waals surface area contributed by atoms with Crippen molar-refractivity contribution in [2.45, 2.75) is 25.5 Å². The van der Waals surface area contributed by atoms with E-state index in [9.17, 15) is 4.79 Å². The fourth-order valence-corrected chi connectivity index (χ4v) is 4.11. The maximum absolute atomic E-state index is 12.7. The molecule has 1 saturated heterocycles. The van der Waals surface area contributed by atoms with Crippen molar-refractivity contribution in [3.63, 3.8) is 0 Å². The minimum Gasteiger partial charge on any atom is -0.496 e. The lowest BCUT2D eigenvalue weighted by Gasteiger charge is -2.18. The molecular weight excluding hydrogens is 346 g/mol. The Morgan fingerprint density at radius 3 is 2.96 bits per heavy atom. The van der Waals surface area contributed by atoms with E-state index in [1.54, 1.807) is 25.1 Å². The molecule has 0 radical (unpaired) electrons. The summed E-state index contributed by atoms with van der Waals surface area (Å²) in [5.74, 6) is 0.719. The lowest BCUT2D eigenvalue weighted by atomic mass is 10.2. The second-order valence-corrected chi connectivity index (χ2v) is 7.37. The van der Waals surface area contributed by atoms with Crippen molar-refractivity contribution in [3.8, 4) is 5.75 Å². The predicted octanol–water partition coefficient (Wildman–Crippen LogP) is 4.53. The van der Waals surface area contributed by atoms with Gasteiger partial charge in [-0.3, -0.25) is 4.79 Å². The van der Waals surface area contributed by atoms with Gasteiger partial charge in [-0.1, -0.05) is 11.6 Å². The van der Waals surface area contributed by atoms with E-state index in [2.05, 4.69) is 0 Å². The van der Waals surface area contributed by atoms with E-state index < -0.39 is 0 Å². The maximum atomic E-state index is 12.7. The number of thiophene rings is 1. The number of nitrogens with zero attached hydrogens (tertiary/aromatic N) is 1. The van der Waals surface area contributed by atoms with E-state index in [4.69, 9.17) is 21.1 Å². The summed E-state index contributed by atoms with van der Waals surface area (Å²) in [6.45, 7) is 1.25. The third-order valence-electron chi connectivity index (χ3n) is 4.08. The Bertz CT molecular complexity index is 725. The first kappa shape index (κ1) is 17.3. The number of carbonyl (C=O) groups is 1. The van der Waals surface area contributed by atoms with E-state index in [-0.39, 0.29) is 12.0 Å². The van der Waals surface area contributed by atoms with Gasteiger partial charge in [-0.15, -0.1) is 11.3 Å². The standard InChI is InChI=1S/C18H20ClNO3S/c1-20(11-12-10-13(19)5-6-14(12)22-2)18(21)17-8-7-16(24-17)15-4-3-9-23-15/h5-8,10,15H,3-4,9,11H2,1-2H3. The smallest absolute Gasteiger partial charge is 0.263 e. The molecular formula is C18H20ClNO3S. The molecule has 1 aliphatic rings. The Labute approximate surface area is 150 Å². The molecule has 1 aliphatic heterocycles. The van der Waals surface area contributed by atoms with Crippen LogP contribution in [0.4, 0.5) is 0 Å². The Morgan fingerprint density at radius 1 is 1.42 bits per heavy atom. The molecule has 6 heteroatoms. The molecule has 3 rings (SSSR count). The molecule has 128 valence electrons. The summed E-state index contributed by atoms with van der Waals surface area (Å²) in [7, 11) is 3.40. The van der Waals surface area contributed by atoms with E-state index in [1.165, 1.54) is 11.3 Å². The molecule has 1 unspecified atom stereocenters. The molecule has 24 heavy (non-hydrogen) atoms. The third kappa shape index (κ3) is 3.74. The third-order valence-corrected chi connectivity index (χ3v) is 5.48. The zero-order valence-corrected chi connectivity index (χ0v) is 15.3.